The summed E-state index contributed by atoms with van der Waals surface area (Å²) < 4.78 is 7.82. The largest absolute Gasteiger partial charge is 0.363 e. The van der Waals surface area contributed by atoms with E-state index in [0.717, 1.165) is 4.57 Å². The number of ether oxygens (including phenoxy) is 1. The number of piperidine rings is 1. The van der Waals surface area contributed by atoms with Gasteiger partial charge in [-0.25, -0.2) is 4.79 Å². The molecule has 0 bridgehead atoms. The highest BCUT2D eigenvalue weighted by molar-refractivity contribution is 5.92. The van der Waals surface area contributed by atoms with E-state index in [9.17, 15) is 19.2 Å². The Bertz CT molecular complexity index is 789. The summed E-state index contributed by atoms with van der Waals surface area (Å²) in [7, 11) is 2.85. The van der Waals surface area contributed by atoms with Gasteiger partial charge in [0.25, 0.3) is 11.5 Å². The van der Waals surface area contributed by atoms with E-state index < -0.39 is 16.9 Å². The molecule has 0 saturated carbocycles. The maximum Gasteiger partial charge on any atom is 0.331 e. The zero-order valence-corrected chi connectivity index (χ0v) is 13.7. The van der Waals surface area contributed by atoms with Crippen LogP contribution in [0, 0.1) is 0 Å². The maximum atomic E-state index is 12.7. The van der Waals surface area contributed by atoms with Gasteiger partial charge in [0, 0.05) is 39.8 Å². The van der Waals surface area contributed by atoms with Crippen LogP contribution < -0.4 is 16.6 Å². The van der Waals surface area contributed by atoms with E-state index in [1.54, 1.807) is 4.90 Å². The van der Waals surface area contributed by atoms with Crippen molar-refractivity contribution in [2.45, 2.75) is 18.4 Å². The third-order valence-corrected chi connectivity index (χ3v) is 4.82. The SMILES string of the molecule is Cn1c(C(=O)N2CCC3(CC2)CNC(=O)CO3)cc(=O)n(C)c1=O. The van der Waals surface area contributed by atoms with Crippen LogP contribution >= 0.6 is 0 Å². The number of hydrogen-bond acceptors (Lipinski definition) is 5. The molecular formula is C15H20N4O5. The first-order chi connectivity index (χ1) is 11.3. The second-order valence-electron chi connectivity index (χ2n) is 6.31. The molecule has 24 heavy (non-hydrogen) atoms. The standard InChI is InChI=1S/C15H20N4O5/c1-17-10(7-12(21)18(2)14(17)23)13(22)19-5-3-15(4-6-19)9-16-11(20)8-24-15/h7H,3-6,8-9H2,1-2H3,(H,16,20). The molecule has 1 aromatic heterocycles. The molecule has 1 spiro atoms. The summed E-state index contributed by atoms with van der Waals surface area (Å²) >= 11 is 0. The van der Waals surface area contributed by atoms with E-state index in [1.807, 2.05) is 0 Å². The molecule has 0 aromatic carbocycles. The van der Waals surface area contributed by atoms with Crippen LogP contribution in [0.2, 0.25) is 0 Å². The average Bonchev–Trinajstić information content (AvgIpc) is 2.59. The van der Waals surface area contributed by atoms with Crippen LogP contribution in [0.4, 0.5) is 0 Å². The molecule has 1 aromatic rings. The molecule has 3 rings (SSSR count). The lowest BCUT2D eigenvalue weighted by molar-refractivity contribution is -0.149. The van der Waals surface area contributed by atoms with Crippen LogP contribution in [0.15, 0.2) is 15.7 Å². The smallest absolute Gasteiger partial charge is 0.331 e. The number of carbonyl (C=O) groups is 2. The molecule has 0 atom stereocenters. The summed E-state index contributed by atoms with van der Waals surface area (Å²) in [5.74, 6) is -0.476. The minimum atomic E-state index is -0.530. The van der Waals surface area contributed by atoms with Crippen LogP contribution in [0.1, 0.15) is 23.3 Å². The van der Waals surface area contributed by atoms with Crippen molar-refractivity contribution in [3.8, 4) is 0 Å². The van der Waals surface area contributed by atoms with E-state index in [0.29, 0.717) is 32.5 Å². The lowest BCUT2D eigenvalue weighted by atomic mass is 9.90. The molecule has 9 nitrogen and oxygen atoms in total. The molecule has 2 amide bonds. The zero-order valence-electron chi connectivity index (χ0n) is 13.7. The molecule has 2 aliphatic rings. The van der Waals surface area contributed by atoms with E-state index in [2.05, 4.69) is 5.32 Å². The Morgan fingerprint density at radius 2 is 1.83 bits per heavy atom. The third kappa shape index (κ3) is 2.75. The van der Waals surface area contributed by atoms with Gasteiger partial charge >= 0.3 is 5.69 Å². The van der Waals surface area contributed by atoms with Crippen LogP contribution in [0.25, 0.3) is 0 Å². The number of nitrogens with zero attached hydrogens (tertiary/aromatic N) is 3. The number of aromatic nitrogens is 2. The molecule has 2 saturated heterocycles. The number of rotatable bonds is 1. The summed E-state index contributed by atoms with van der Waals surface area (Å²) in [5, 5.41) is 2.79. The van der Waals surface area contributed by atoms with Gasteiger partial charge in [-0.1, -0.05) is 0 Å². The van der Waals surface area contributed by atoms with Crippen LogP contribution in [-0.4, -0.2) is 57.7 Å². The Kier molecular flexibility index (Phi) is 4.04. The molecule has 1 N–H and O–H groups in total. The summed E-state index contributed by atoms with van der Waals surface area (Å²) in [6, 6.07) is 1.19. The van der Waals surface area contributed by atoms with Crippen molar-refractivity contribution in [3.63, 3.8) is 0 Å². The minimum absolute atomic E-state index is 0.0389. The van der Waals surface area contributed by atoms with Gasteiger partial charge in [-0.2, -0.15) is 0 Å². The monoisotopic (exact) mass is 336 g/mol. The Morgan fingerprint density at radius 3 is 2.42 bits per heavy atom. The lowest BCUT2D eigenvalue weighted by Crippen LogP contribution is -2.58. The lowest BCUT2D eigenvalue weighted by Gasteiger charge is -2.43. The van der Waals surface area contributed by atoms with Gasteiger partial charge in [0.2, 0.25) is 5.91 Å². The van der Waals surface area contributed by atoms with Crippen molar-refractivity contribution in [2.24, 2.45) is 14.1 Å². The Morgan fingerprint density at radius 1 is 1.17 bits per heavy atom. The van der Waals surface area contributed by atoms with Crippen molar-refractivity contribution in [3.05, 3.63) is 32.6 Å². The number of amides is 2. The molecule has 9 heteroatoms. The first-order valence-electron chi connectivity index (χ1n) is 7.80. The highest BCUT2D eigenvalue weighted by Crippen LogP contribution is 2.28. The van der Waals surface area contributed by atoms with E-state index in [1.165, 1.54) is 24.7 Å². The number of hydrogen-bond donors (Lipinski definition) is 1. The Labute approximate surface area is 137 Å². The second-order valence-corrected chi connectivity index (χ2v) is 6.31. The third-order valence-electron chi connectivity index (χ3n) is 4.82. The van der Waals surface area contributed by atoms with Gasteiger partial charge in [0.05, 0.1) is 5.60 Å². The summed E-state index contributed by atoms with van der Waals surface area (Å²) in [5.41, 5.74) is -1.38. The van der Waals surface area contributed by atoms with Gasteiger partial charge in [-0.3, -0.25) is 23.5 Å². The molecule has 0 radical (unpaired) electrons. The highest BCUT2D eigenvalue weighted by Gasteiger charge is 2.40. The zero-order chi connectivity index (χ0) is 17.5. The molecule has 3 heterocycles. The minimum Gasteiger partial charge on any atom is -0.363 e. The Hall–Kier alpha value is -2.42. The first kappa shape index (κ1) is 16.4. The number of carbonyl (C=O) groups excluding carboxylic acids is 2. The van der Waals surface area contributed by atoms with Gasteiger partial charge in [0.1, 0.15) is 12.3 Å². The van der Waals surface area contributed by atoms with Crippen LogP contribution in [0.5, 0.6) is 0 Å². The molecule has 2 aliphatic heterocycles. The predicted octanol–water partition coefficient (Wildman–Crippen LogP) is -1.79. The summed E-state index contributed by atoms with van der Waals surface area (Å²) in [6.45, 7) is 1.37. The second kappa shape index (κ2) is 5.90. The van der Waals surface area contributed by atoms with Crippen molar-refractivity contribution in [1.29, 1.82) is 0 Å². The summed E-state index contributed by atoms with van der Waals surface area (Å²) in [4.78, 5) is 49.2. The average molecular weight is 336 g/mol. The van der Waals surface area contributed by atoms with E-state index in [4.69, 9.17) is 4.74 Å². The van der Waals surface area contributed by atoms with Crippen molar-refractivity contribution >= 4 is 11.8 Å². The van der Waals surface area contributed by atoms with Gasteiger partial charge in [-0.15, -0.1) is 0 Å². The van der Waals surface area contributed by atoms with Gasteiger partial charge < -0.3 is 15.0 Å². The van der Waals surface area contributed by atoms with Gasteiger partial charge in [-0.05, 0) is 12.8 Å². The first-order valence-corrected chi connectivity index (χ1v) is 7.80. The maximum absolute atomic E-state index is 12.7. The fourth-order valence-electron chi connectivity index (χ4n) is 3.12. The van der Waals surface area contributed by atoms with E-state index in [-0.39, 0.29) is 24.1 Å². The number of nitrogens with one attached hydrogen (secondary N) is 1. The fourth-order valence-corrected chi connectivity index (χ4v) is 3.12. The highest BCUT2D eigenvalue weighted by atomic mass is 16.5. The van der Waals surface area contributed by atoms with Crippen LogP contribution in [0.3, 0.4) is 0 Å². The van der Waals surface area contributed by atoms with Crippen molar-refractivity contribution in [2.75, 3.05) is 26.2 Å². The number of morpholine rings is 1. The number of likely N-dealkylation sites (tertiary alicyclic amines) is 1. The molecule has 2 fully saturated rings. The molecule has 0 unspecified atom stereocenters. The summed E-state index contributed by atoms with van der Waals surface area (Å²) in [6.07, 6.45) is 1.19. The quantitative estimate of drug-likeness (QED) is 0.652. The van der Waals surface area contributed by atoms with Crippen LogP contribution in [-0.2, 0) is 23.6 Å². The van der Waals surface area contributed by atoms with Crippen molar-refractivity contribution in [1.82, 2.24) is 19.4 Å². The molecule has 130 valence electrons. The fraction of sp³-hybridized carbons (Fsp3) is 0.600. The van der Waals surface area contributed by atoms with Gasteiger partial charge in [0.15, 0.2) is 0 Å². The molecule has 0 aliphatic carbocycles. The molecular weight excluding hydrogens is 316 g/mol. The normalized spacial score (nSPS) is 20.1. The Balaban J connectivity index is 1.76. The van der Waals surface area contributed by atoms with E-state index >= 15 is 0 Å². The predicted molar refractivity (Wildman–Crippen MR) is 83.8 cm³/mol. The van der Waals surface area contributed by atoms with Crippen molar-refractivity contribution < 1.29 is 14.3 Å². The topological polar surface area (TPSA) is 103 Å².